The summed E-state index contributed by atoms with van der Waals surface area (Å²) in [4.78, 5) is 13.7. The maximum atomic E-state index is 12.0. The summed E-state index contributed by atoms with van der Waals surface area (Å²) in [7, 11) is 0. The monoisotopic (exact) mass is 286 g/mol. The van der Waals surface area contributed by atoms with Crippen molar-refractivity contribution in [1.29, 1.82) is 0 Å². The molecule has 21 heavy (non-hydrogen) atoms. The van der Waals surface area contributed by atoms with Gasteiger partial charge in [0.2, 0.25) is 0 Å². The van der Waals surface area contributed by atoms with Crippen molar-refractivity contribution in [3.63, 3.8) is 0 Å². The number of nitrogens with one attached hydrogen (secondary N) is 1. The van der Waals surface area contributed by atoms with E-state index >= 15 is 0 Å². The summed E-state index contributed by atoms with van der Waals surface area (Å²) in [6.07, 6.45) is -0.974. The Labute approximate surface area is 123 Å². The molecule has 0 aliphatic carbocycles. The van der Waals surface area contributed by atoms with Crippen LogP contribution in [-0.4, -0.2) is 28.4 Å². The molecule has 5 nitrogen and oxygen atoms in total. The van der Waals surface area contributed by atoms with Crippen molar-refractivity contribution in [3.8, 4) is 0 Å². The zero-order valence-corrected chi connectivity index (χ0v) is 11.7. The van der Waals surface area contributed by atoms with Crippen molar-refractivity contribution in [2.75, 3.05) is 4.90 Å². The molecule has 0 unspecified atom stereocenters. The first-order valence-corrected chi connectivity index (χ1v) is 6.66. The lowest BCUT2D eigenvalue weighted by molar-refractivity contribution is -0.132. The molecule has 0 aliphatic rings. The Hall–Kier alpha value is -2.37. The zero-order valence-electron chi connectivity index (χ0n) is 11.7. The first kappa shape index (κ1) is 15.0. The SMILES string of the molecule is C[C@@H](O)[C@@H](C(=O)NO)N(c1ccccc1)c1ccccc1. The molecule has 0 bridgehead atoms. The lowest BCUT2D eigenvalue weighted by Crippen LogP contribution is -2.50. The minimum Gasteiger partial charge on any atom is -0.391 e. The van der Waals surface area contributed by atoms with E-state index < -0.39 is 18.1 Å². The molecule has 2 rings (SSSR count). The molecule has 0 aromatic heterocycles. The van der Waals surface area contributed by atoms with Gasteiger partial charge in [-0.15, -0.1) is 0 Å². The largest absolute Gasteiger partial charge is 0.391 e. The van der Waals surface area contributed by atoms with Gasteiger partial charge >= 0.3 is 0 Å². The average Bonchev–Trinajstić information content (AvgIpc) is 2.53. The predicted octanol–water partition coefficient (Wildman–Crippen LogP) is 2.08. The van der Waals surface area contributed by atoms with E-state index in [0.717, 1.165) is 11.4 Å². The first-order valence-electron chi connectivity index (χ1n) is 6.66. The summed E-state index contributed by atoms with van der Waals surface area (Å²) in [6.45, 7) is 1.51. The Bertz CT molecular complexity index is 533. The molecule has 2 atom stereocenters. The molecule has 110 valence electrons. The molecular weight excluding hydrogens is 268 g/mol. The summed E-state index contributed by atoms with van der Waals surface area (Å²) < 4.78 is 0. The minimum atomic E-state index is -0.974. The van der Waals surface area contributed by atoms with Crippen molar-refractivity contribution in [2.45, 2.75) is 19.1 Å². The van der Waals surface area contributed by atoms with Gasteiger partial charge in [0.15, 0.2) is 0 Å². The van der Waals surface area contributed by atoms with Crippen LogP contribution in [0, 0.1) is 0 Å². The number of hydroxylamine groups is 1. The van der Waals surface area contributed by atoms with Crippen LogP contribution in [0.15, 0.2) is 60.7 Å². The number of carbonyl (C=O) groups is 1. The molecule has 0 fully saturated rings. The number of rotatable bonds is 5. The number of aliphatic hydroxyl groups is 1. The third-order valence-corrected chi connectivity index (χ3v) is 3.18. The second kappa shape index (κ2) is 6.88. The average molecular weight is 286 g/mol. The van der Waals surface area contributed by atoms with Crippen LogP contribution in [0.4, 0.5) is 11.4 Å². The van der Waals surface area contributed by atoms with Gasteiger partial charge in [-0.25, -0.2) is 5.48 Å². The smallest absolute Gasteiger partial charge is 0.269 e. The molecule has 0 spiro atoms. The molecule has 2 aromatic carbocycles. The van der Waals surface area contributed by atoms with Crippen molar-refractivity contribution >= 4 is 17.3 Å². The molecule has 5 heteroatoms. The van der Waals surface area contributed by atoms with Crippen LogP contribution >= 0.6 is 0 Å². The Balaban J connectivity index is 2.52. The highest BCUT2D eigenvalue weighted by Crippen LogP contribution is 2.28. The van der Waals surface area contributed by atoms with E-state index in [1.807, 2.05) is 60.7 Å². The molecule has 3 N–H and O–H groups in total. The fourth-order valence-corrected chi connectivity index (χ4v) is 2.27. The molecule has 0 radical (unpaired) electrons. The molecule has 0 saturated heterocycles. The Kier molecular flexibility index (Phi) is 4.92. The summed E-state index contributed by atoms with van der Waals surface area (Å²) >= 11 is 0. The number of nitrogens with zero attached hydrogens (tertiary/aromatic N) is 1. The van der Waals surface area contributed by atoms with Crippen LogP contribution in [0.25, 0.3) is 0 Å². The summed E-state index contributed by atoms with van der Waals surface area (Å²) in [5.74, 6) is -0.669. The Morgan fingerprint density at radius 1 is 1.00 bits per heavy atom. The highest BCUT2D eigenvalue weighted by molar-refractivity contribution is 5.88. The number of para-hydroxylation sites is 2. The Morgan fingerprint density at radius 3 is 1.76 bits per heavy atom. The lowest BCUT2D eigenvalue weighted by Gasteiger charge is -2.34. The number of benzene rings is 2. The van der Waals surface area contributed by atoms with E-state index in [0.29, 0.717) is 0 Å². The van der Waals surface area contributed by atoms with Gasteiger partial charge in [-0.3, -0.25) is 10.0 Å². The number of anilines is 2. The Morgan fingerprint density at radius 2 is 1.43 bits per heavy atom. The number of aliphatic hydroxyl groups excluding tert-OH is 1. The third-order valence-electron chi connectivity index (χ3n) is 3.18. The quantitative estimate of drug-likeness (QED) is 0.581. The van der Waals surface area contributed by atoms with Crippen LogP contribution in [0.1, 0.15) is 6.92 Å². The normalized spacial score (nSPS) is 13.3. The molecule has 1 amide bonds. The second-order valence-electron chi connectivity index (χ2n) is 4.70. The van der Waals surface area contributed by atoms with Crippen LogP contribution in [-0.2, 0) is 4.79 Å². The van der Waals surface area contributed by atoms with Gasteiger partial charge in [0.05, 0.1) is 6.10 Å². The maximum absolute atomic E-state index is 12.0. The maximum Gasteiger partial charge on any atom is 0.269 e. The van der Waals surface area contributed by atoms with Gasteiger partial charge in [-0.1, -0.05) is 36.4 Å². The van der Waals surface area contributed by atoms with E-state index in [9.17, 15) is 9.90 Å². The third kappa shape index (κ3) is 3.39. The number of hydrogen-bond donors (Lipinski definition) is 3. The highest BCUT2D eigenvalue weighted by atomic mass is 16.5. The van der Waals surface area contributed by atoms with Crippen LogP contribution in [0.2, 0.25) is 0 Å². The van der Waals surface area contributed by atoms with Crippen molar-refractivity contribution in [2.24, 2.45) is 0 Å². The number of amides is 1. The van der Waals surface area contributed by atoms with Gasteiger partial charge in [-0.05, 0) is 31.2 Å². The van der Waals surface area contributed by atoms with Gasteiger partial charge in [-0.2, -0.15) is 0 Å². The summed E-state index contributed by atoms with van der Waals surface area (Å²) in [5, 5.41) is 19.0. The fraction of sp³-hybridized carbons (Fsp3) is 0.188. The second-order valence-corrected chi connectivity index (χ2v) is 4.70. The van der Waals surface area contributed by atoms with Crippen molar-refractivity contribution in [1.82, 2.24) is 5.48 Å². The van der Waals surface area contributed by atoms with E-state index in [1.54, 1.807) is 10.4 Å². The van der Waals surface area contributed by atoms with Crippen LogP contribution in [0.3, 0.4) is 0 Å². The van der Waals surface area contributed by atoms with Crippen LogP contribution in [0.5, 0.6) is 0 Å². The number of hydrogen-bond acceptors (Lipinski definition) is 4. The number of carbonyl (C=O) groups excluding carboxylic acids is 1. The standard InChI is InChI=1S/C16H18N2O3/c1-12(19)15(16(20)17-21)18(13-8-4-2-5-9-13)14-10-6-3-7-11-14/h2-12,15,19,21H,1H3,(H,17,20)/t12-,15+/m1/s1. The molecule has 0 saturated carbocycles. The first-order chi connectivity index (χ1) is 10.1. The van der Waals surface area contributed by atoms with Crippen molar-refractivity contribution in [3.05, 3.63) is 60.7 Å². The molecule has 0 heterocycles. The fourth-order valence-electron chi connectivity index (χ4n) is 2.27. The molecular formula is C16H18N2O3. The van der Waals surface area contributed by atoms with Gasteiger partial charge in [0.25, 0.3) is 5.91 Å². The lowest BCUT2D eigenvalue weighted by atomic mass is 10.1. The van der Waals surface area contributed by atoms with Crippen LogP contribution < -0.4 is 10.4 Å². The van der Waals surface area contributed by atoms with Gasteiger partial charge < -0.3 is 10.0 Å². The zero-order chi connectivity index (χ0) is 15.2. The van der Waals surface area contributed by atoms with E-state index in [1.165, 1.54) is 6.92 Å². The highest BCUT2D eigenvalue weighted by Gasteiger charge is 2.31. The summed E-state index contributed by atoms with van der Waals surface area (Å²) in [6, 6.07) is 17.6. The predicted molar refractivity (Wildman–Crippen MR) is 80.4 cm³/mol. The van der Waals surface area contributed by atoms with Gasteiger partial charge in [0.1, 0.15) is 6.04 Å². The summed E-state index contributed by atoms with van der Waals surface area (Å²) in [5.41, 5.74) is 3.12. The topological polar surface area (TPSA) is 72.8 Å². The van der Waals surface area contributed by atoms with Crippen molar-refractivity contribution < 1.29 is 15.1 Å². The van der Waals surface area contributed by atoms with E-state index in [2.05, 4.69) is 0 Å². The minimum absolute atomic E-state index is 0.669. The molecule has 0 aliphatic heterocycles. The van der Waals surface area contributed by atoms with Gasteiger partial charge in [0, 0.05) is 11.4 Å². The van der Waals surface area contributed by atoms with E-state index in [-0.39, 0.29) is 0 Å². The molecule has 2 aromatic rings. The van der Waals surface area contributed by atoms with E-state index in [4.69, 9.17) is 5.21 Å².